The summed E-state index contributed by atoms with van der Waals surface area (Å²) in [5.41, 5.74) is 1.82. The van der Waals surface area contributed by atoms with E-state index in [1.54, 1.807) is 32.0 Å². The number of nitrogens with one attached hydrogen (secondary N) is 1. The van der Waals surface area contributed by atoms with Gasteiger partial charge in [-0.2, -0.15) is 0 Å². The fourth-order valence-electron chi connectivity index (χ4n) is 7.28. The highest BCUT2D eigenvalue weighted by Gasteiger charge is 2.68. The van der Waals surface area contributed by atoms with Crippen LogP contribution < -0.4 is 11.1 Å². The molecule has 7 atom stereocenters. The number of amides is 2. The Balaban J connectivity index is 1.61. The van der Waals surface area contributed by atoms with Crippen molar-refractivity contribution in [1.29, 1.82) is 0 Å². The Morgan fingerprint density at radius 2 is 1.65 bits per heavy atom. The van der Waals surface area contributed by atoms with E-state index in [2.05, 4.69) is 5.32 Å². The number of phenols is 1. The molecule has 244 valence electrons. The van der Waals surface area contributed by atoms with Gasteiger partial charge in [0.05, 0.1) is 35.4 Å². The molecule has 13 nitrogen and oxygen atoms in total. The van der Waals surface area contributed by atoms with E-state index < -0.39 is 93.3 Å². The lowest BCUT2D eigenvalue weighted by Crippen LogP contribution is -2.70. The molecule has 8 N–H and O–H groups in total. The van der Waals surface area contributed by atoms with Gasteiger partial charge in [0.1, 0.15) is 22.8 Å². The molecule has 46 heavy (non-hydrogen) atoms. The van der Waals surface area contributed by atoms with E-state index in [9.17, 15) is 44.7 Å². The third kappa shape index (κ3) is 4.78. The topological polar surface area (TPSA) is 214 Å². The number of nitrogens with zero attached hydrogens (tertiary/aromatic N) is 2. The summed E-state index contributed by atoms with van der Waals surface area (Å²) in [7, 11) is 6.36. The lowest BCUT2D eigenvalue weighted by atomic mass is 9.54. The molecule has 2 aromatic carbocycles. The summed E-state index contributed by atoms with van der Waals surface area (Å²) >= 11 is 0. The second-order valence-corrected chi connectivity index (χ2v) is 12.6. The number of fused-ring (bicyclic) bond motifs is 3. The number of Topliss-reactive ketones (excluding diaryl/α,β-unsaturated/α-hetero) is 2. The van der Waals surface area contributed by atoms with Crippen molar-refractivity contribution in [1.82, 2.24) is 9.80 Å². The first-order valence-electron chi connectivity index (χ1n) is 14.8. The Morgan fingerprint density at radius 3 is 2.22 bits per heavy atom. The largest absolute Gasteiger partial charge is 0.508 e. The molecule has 0 aromatic heterocycles. The minimum atomic E-state index is -3.01. The standard InChI is InChI=1S/C33H38N4O9/c1-14-16-11-12-17(35-32(45)18(36(2)3)13-15-9-7-6-8-10-15)25(38)20(16)26(39)21-19(14)27(40)23-24(37(4)5)28(41)22(31(34)44)30(43)33(23,46)29(21)42/h6-12,14,18-19,23-24,27,38-40,43,46H,13H2,1-5H3,(H2,34,44)(H,35,45)/t14-,18-,19?,23?,24-,27?,33-/m0/s1. The SMILES string of the molecule is C[C@H]1c2ccc(NC(=O)[C@H](Cc3ccccc3)N(C)C)c(O)c2C(O)=C2C(=O)[C@]3(O)C(O)=C(C(N)=O)C(=O)[C@@H](N(C)C)C3C(O)C21. The lowest BCUT2D eigenvalue weighted by molar-refractivity contribution is -0.169. The van der Waals surface area contributed by atoms with Crippen LogP contribution in [0.5, 0.6) is 5.75 Å². The molecule has 0 radical (unpaired) electrons. The van der Waals surface area contributed by atoms with Crippen LogP contribution in [0.2, 0.25) is 0 Å². The number of nitrogens with two attached hydrogens (primary N) is 1. The first-order chi connectivity index (χ1) is 21.5. The zero-order valence-electron chi connectivity index (χ0n) is 26.1. The van der Waals surface area contributed by atoms with Crippen LogP contribution in [-0.2, 0) is 25.6 Å². The van der Waals surface area contributed by atoms with Crippen LogP contribution in [0.1, 0.15) is 29.5 Å². The number of benzene rings is 2. The summed E-state index contributed by atoms with van der Waals surface area (Å²) in [5, 5.41) is 60.3. The van der Waals surface area contributed by atoms with Crippen molar-refractivity contribution in [3.8, 4) is 5.75 Å². The highest BCUT2D eigenvalue weighted by molar-refractivity contribution is 6.24. The van der Waals surface area contributed by atoms with E-state index in [4.69, 9.17) is 5.73 Å². The van der Waals surface area contributed by atoms with Gasteiger partial charge in [-0.1, -0.05) is 43.3 Å². The number of aromatic hydroxyl groups is 1. The van der Waals surface area contributed by atoms with Gasteiger partial charge in [-0.3, -0.25) is 29.0 Å². The average molecular weight is 635 g/mol. The van der Waals surface area contributed by atoms with Gasteiger partial charge in [-0.15, -0.1) is 0 Å². The highest BCUT2D eigenvalue weighted by Crippen LogP contribution is 2.56. The van der Waals surface area contributed by atoms with Crippen molar-refractivity contribution >= 4 is 34.8 Å². The van der Waals surface area contributed by atoms with Crippen LogP contribution in [0, 0.1) is 11.8 Å². The van der Waals surface area contributed by atoms with E-state index in [0.29, 0.717) is 12.0 Å². The van der Waals surface area contributed by atoms with Gasteiger partial charge < -0.3 is 36.6 Å². The third-order valence-electron chi connectivity index (χ3n) is 9.59. The van der Waals surface area contributed by atoms with Crippen LogP contribution in [0.4, 0.5) is 5.69 Å². The molecule has 0 aliphatic heterocycles. The molecule has 0 bridgehead atoms. The normalized spacial score (nSPS) is 28.2. The number of ketones is 2. The van der Waals surface area contributed by atoms with E-state index in [0.717, 1.165) is 5.56 Å². The lowest BCUT2D eigenvalue weighted by Gasteiger charge is -2.53. The Morgan fingerprint density at radius 1 is 1.02 bits per heavy atom. The van der Waals surface area contributed by atoms with Crippen LogP contribution in [0.25, 0.3) is 5.76 Å². The zero-order chi connectivity index (χ0) is 34.0. The molecule has 5 rings (SSSR count). The molecule has 3 aliphatic rings. The Bertz CT molecular complexity index is 1700. The summed E-state index contributed by atoms with van der Waals surface area (Å²) in [4.78, 5) is 56.2. The Labute approximate surface area is 265 Å². The average Bonchev–Trinajstić information content (AvgIpc) is 2.98. The van der Waals surface area contributed by atoms with Gasteiger partial charge in [-0.05, 0) is 57.7 Å². The highest BCUT2D eigenvalue weighted by atomic mass is 16.4. The summed E-state index contributed by atoms with van der Waals surface area (Å²) in [6.45, 7) is 1.64. The van der Waals surface area contributed by atoms with Crippen LogP contribution in [-0.4, -0.2) is 111 Å². The fourth-order valence-corrected chi connectivity index (χ4v) is 7.28. The molecule has 2 amide bonds. The molecule has 1 saturated carbocycles. The number of aliphatic hydroxyl groups is 4. The molecule has 2 aromatic rings. The van der Waals surface area contributed by atoms with Gasteiger partial charge in [0.2, 0.25) is 11.7 Å². The van der Waals surface area contributed by atoms with Gasteiger partial charge in [0.15, 0.2) is 11.4 Å². The zero-order valence-corrected chi connectivity index (χ0v) is 26.1. The molecule has 1 fully saturated rings. The number of aliphatic hydroxyl groups excluding tert-OH is 3. The second kappa shape index (κ2) is 11.7. The quantitative estimate of drug-likeness (QED) is 0.165. The summed E-state index contributed by atoms with van der Waals surface area (Å²) in [5.74, 6) is -10.3. The van der Waals surface area contributed by atoms with E-state index in [1.807, 2.05) is 30.3 Å². The number of anilines is 1. The van der Waals surface area contributed by atoms with Crippen LogP contribution in [0.3, 0.4) is 0 Å². The molecule has 3 aliphatic carbocycles. The smallest absolute Gasteiger partial charge is 0.255 e. The third-order valence-corrected chi connectivity index (χ3v) is 9.59. The minimum Gasteiger partial charge on any atom is -0.508 e. The number of likely N-dealkylation sites (N-methyl/N-ethyl adjacent to an activating group) is 2. The van der Waals surface area contributed by atoms with Gasteiger partial charge in [-0.25, -0.2) is 0 Å². The number of hydrogen-bond donors (Lipinski definition) is 7. The maximum Gasteiger partial charge on any atom is 0.255 e. The van der Waals surface area contributed by atoms with Gasteiger partial charge in [0, 0.05) is 11.5 Å². The number of carbonyl (C=O) groups is 4. The first-order valence-corrected chi connectivity index (χ1v) is 14.8. The van der Waals surface area contributed by atoms with Gasteiger partial charge >= 0.3 is 0 Å². The Kier molecular flexibility index (Phi) is 8.32. The van der Waals surface area contributed by atoms with Crippen molar-refractivity contribution in [2.75, 3.05) is 33.5 Å². The summed E-state index contributed by atoms with van der Waals surface area (Å²) in [6.07, 6.45) is -1.33. The maximum atomic E-state index is 14.2. The molecular weight excluding hydrogens is 596 g/mol. The number of rotatable bonds is 7. The van der Waals surface area contributed by atoms with Gasteiger partial charge in [0.25, 0.3) is 5.91 Å². The molecule has 3 unspecified atom stereocenters. The monoisotopic (exact) mass is 634 g/mol. The molecule has 0 saturated heterocycles. The van der Waals surface area contributed by atoms with Crippen molar-refractivity contribution in [3.05, 3.63) is 76.1 Å². The fraction of sp³-hybridized carbons (Fsp3) is 0.394. The number of carbonyl (C=O) groups excluding carboxylic acids is 4. The number of primary amides is 1. The predicted molar refractivity (Wildman–Crippen MR) is 167 cm³/mol. The van der Waals surface area contributed by atoms with Crippen LogP contribution in [0.15, 0.2) is 59.4 Å². The molecule has 0 heterocycles. The number of hydrogen-bond acceptors (Lipinski definition) is 11. The molecule has 13 heteroatoms. The minimum absolute atomic E-state index is 0.0588. The van der Waals surface area contributed by atoms with Crippen LogP contribution >= 0.6 is 0 Å². The Hall–Kier alpha value is -4.56. The second-order valence-electron chi connectivity index (χ2n) is 12.6. The first kappa shape index (κ1) is 32.8. The van der Waals surface area contributed by atoms with E-state index in [1.165, 1.54) is 25.1 Å². The van der Waals surface area contributed by atoms with E-state index in [-0.39, 0.29) is 11.3 Å². The predicted octanol–water partition coefficient (Wildman–Crippen LogP) is 0.607. The summed E-state index contributed by atoms with van der Waals surface area (Å²) in [6, 6.07) is 10.3. The van der Waals surface area contributed by atoms with Crippen molar-refractivity contribution in [2.45, 2.75) is 43.1 Å². The van der Waals surface area contributed by atoms with E-state index >= 15 is 0 Å². The van der Waals surface area contributed by atoms with Crippen molar-refractivity contribution in [2.24, 2.45) is 17.6 Å². The van der Waals surface area contributed by atoms with Crippen molar-refractivity contribution in [3.63, 3.8) is 0 Å². The maximum absolute atomic E-state index is 14.2. The summed E-state index contributed by atoms with van der Waals surface area (Å²) < 4.78 is 0. The van der Waals surface area contributed by atoms with Crippen molar-refractivity contribution < 1.29 is 44.7 Å². The molecular formula is C33H38N4O9. The number of phenolic OH excluding ortho intramolecular Hbond substituents is 1. The molecule has 0 spiro atoms.